The highest BCUT2D eigenvalue weighted by Gasteiger charge is 2.43. The van der Waals surface area contributed by atoms with Gasteiger partial charge in [-0.2, -0.15) is 0 Å². The molecule has 0 saturated carbocycles. The molecule has 6 nitrogen and oxygen atoms in total. The number of rotatable bonds is 5. The van der Waals surface area contributed by atoms with Crippen LogP contribution in [0.15, 0.2) is 54.6 Å². The zero-order valence-electron chi connectivity index (χ0n) is 17.1. The molecule has 1 unspecified atom stereocenters. The molecule has 2 aliphatic rings. The van der Waals surface area contributed by atoms with E-state index in [1.165, 1.54) is 18.7 Å². The molecule has 1 spiro atoms. The Bertz CT molecular complexity index is 957. The van der Waals surface area contributed by atoms with Gasteiger partial charge < -0.3 is 14.8 Å². The van der Waals surface area contributed by atoms with E-state index >= 15 is 0 Å². The summed E-state index contributed by atoms with van der Waals surface area (Å²) in [4.78, 5) is 26.5. The first kappa shape index (κ1) is 20.2. The monoisotopic (exact) mass is 406 g/mol. The van der Waals surface area contributed by atoms with Crippen molar-refractivity contribution in [1.29, 1.82) is 0 Å². The van der Waals surface area contributed by atoms with Crippen LogP contribution >= 0.6 is 0 Å². The van der Waals surface area contributed by atoms with Gasteiger partial charge in [-0.05, 0) is 48.7 Å². The molecule has 30 heavy (non-hydrogen) atoms. The van der Waals surface area contributed by atoms with Gasteiger partial charge in [-0.25, -0.2) is 4.79 Å². The summed E-state index contributed by atoms with van der Waals surface area (Å²) in [6.07, 6.45) is 5.66. The second kappa shape index (κ2) is 8.71. The maximum atomic E-state index is 12.9. The minimum absolute atomic E-state index is 0.144. The lowest BCUT2D eigenvalue weighted by molar-refractivity contribution is -0.134. The topological polar surface area (TPSA) is 67.9 Å². The minimum atomic E-state index is -0.692. The van der Waals surface area contributed by atoms with Gasteiger partial charge in [-0.3, -0.25) is 9.69 Å². The van der Waals surface area contributed by atoms with Crippen molar-refractivity contribution in [3.05, 3.63) is 71.3 Å². The van der Waals surface area contributed by atoms with Crippen molar-refractivity contribution in [2.45, 2.75) is 25.0 Å². The van der Waals surface area contributed by atoms with Crippen LogP contribution in [0.4, 0.5) is 0 Å². The Labute approximate surface area is 176 Å². The van der Waals surface area contributed by atoms with Gasteiger partial charge in [0.1, 0.15) is 5.75 Å². The molecule has 1 amide bonds. The van der Waals surface area contributed by atoms with Gasteiger partial charge in [-0.15, -0.1) is 0 Å². The molecule has 2 aromatic carbocycles. The zero-order chi connectivity index (χ0) is 21.0. The lowest BCUT2D eigenvalue weighted by Gasteiger charge is -2.45. The van der Waals surface area contributed by atoms with Crippen LogP contribution in [0.2, 0.25) is 0 Å². The van der Waals surface area contributed by atoms with Gasteiger partial charge >= 0.3 is 5.97 Å². The van der Waals surface area contributed by atoms with Crippen LogP contribution in [0.1, 0.15) is 34.3 Å². The van der Waals surface area contributed by atoms with Gasteiger partial charge in [0.05, 0.1) is 19.2 Å². The Hall–Kier alpha value is -3.12. The molecule has 1 atom stereocenters. The largest absolute Gasteiger partial charge is 0.466 e. The van der Waals surface area contributed by atoms with Crippen LogP contribution < -0.4 is 10.1 Å². The Morgan fingerprint density at radius 3 is 2.90 bits per heavy atom. The summed E-state index contributed by atoms with van der Waals surface area (Å²) in [7, 11) is 1.33. The summed E-state index contributed by atoms with van der Waals surface area (Å²) in [6.45, 7) is 2.59. The normalized spacial score (nSPS) is 21.2. The Balaban J connectivity index is 1.45. The summed E-state index contributed by atoms with van der Waals surface area (Å²) in [5, 5.41) is 3.10. The first-order valence-corrected chi connectivity index (χ1v) is 10.2. The summed E-state index contributed by atoms with van der Waals surface area (Å²) < 4.78 is 10.9. The fourth-order valence-electron chi connectivity index (χ4n) is 4.08. The number of piperidine rings is 1. The predicted octanol–water partition coefficient (Wildman–Crippen LogP) is 3.03. The second-order valence-electron chi connectivity index (χ2n) is 7.78. The molecule has 0 radical (unpaired) electrons. The average molecular weight is 406 g/mol. The molecule has 1 N–H and O–H groups in total. The number of nitrogens with one attached hydrogen (secondary N) is 1. The standard InChI is InChI=1S/C24H26N2O4/c1-29-22(27)11-9-19-8-10-21-20(16-19)23(28)25-24(30-21)13-5-14-26(17-24)15-12-18-6-3-2-4-7-18/h2-4,6-11,16H,5,12-15,17H2,1H3,(H,25,28)/b11-9+. The van der Waals surface area contributed by atoms with Crippen molar-refractivity contribution in [2.24, 2.45) is 0 Å². The van der Waals surface area contributed by atoms with E-state index in [2.05, 4.69) is 39.2 Å². The van der Waals surface area contributed by atoms with Crippen LogP contribution in [0, 0.1) is 0 Å². The third-order valence-electron chi connectivity index (χ3n) is 5.60. The van der Waals surface area contributed by atoms with Gasteiger partial charge in [0.25, 0.3) is 5.91 Å². The lowest BCUT2D eigenvalue weighted by atomic mass is 9.97. The van der Waals surface area contributed by atoms with E-state index in [1.807, 2.05) is 12.1 Å². The first-order chi connectivity index (χ1) is 14.6. The molecule has 0 aliphatic carbocycles. The highest BCUT2D eigenvalue weighted by molar-refractivity contribution is 5.99. The average Bonchev–Trinajstić information content (AvgIpc) is 2.77. The predicted molar refractivity (Wildman–Crippen MR) is 114 cm³/mol. The quantitative estimate of drug-likeness (QED) is 0.611. The number of hydrogen-bond donors (Lipinski definition) is 1. The van der Waals surface area contributed by atoms with Crippen molar-refractivity contribution in [3.8, 4) is 5.75 Å². The van der Waals surface area contributed by atoms with Gasteiger partial charge in [0.15, 0.2) is 5.72 Å². The smallest absolute Gasteiger partial charge is 0.330 e. The Morgan fingerprint density at radius 2 is 2.10 bits per heavy atom. The van der Waals surface area contributed by atoms with Crippen molar-refractivity contribution >= 4 is 18.0 Å². The van der Waals surface area contributed by atoms with Crippen LogP contribution in [-0.2, 0) is 16.0 Å². The fourth-order valence-corrected chi connectivity index (χ4v) is 4.08. The molecular formula is C24H26N2O4. The number of methoxy groups -OCH3 is 1. The Morgan fingerprint density at radius 1 is 1.27 bits per heavy atom. The molecule has 4 rings (SSSR count). The number of carbonyl (C=O) groups excluding carboxylic acids is 2. The first-order valence-electron chi connectivity index (χ1n) is 10.2. The van der Waals surface area contributed by atoms with Crippen molar-refractivity contribution in [1.82, 2.24) is 10.2 Å². The van der Waals surface area contributed by atoms with Crippen LogP contribution in [-0.4, -0.2) is 49.2 Å². The van der Waals surface area contributed by atoms with Crippen LogP contribution in [0.3, 0.4) is 0 Å². The summed E-state index contributed by atoms with van der Waals surface area (Å²) in [6, 6.07) is 15.8. The highest BCUT2D eigenvalue weighted by atomic mass is 16.5. The highest BCUT2D eigenvalue weighted by Crippen LogP contribution is 2.33. The third-order valence-corrected chi connectivity index (χ3v) is 5.60. The number of esters is 1. The van der Waals surface area contributed by atoms with E-state index in [4.69, 9.17) is 4.74 Å². The fraction of sp³-hybridized carbons (Fsp3) is 0.333. The SMILES string of the molecule is COC(=O)/C=C/c1ccc2c(c1)C(=O)NC1(CCCN(CCc3ccccc3)C1)O2. The molecule has 2 aliphatic heterocycles. The molecule has 156 valence electrons. The molecule has 6 heteroatoms. The van der Waals surface area contributed by atoms with E-state index < -0.39 is 11.7 Å². The van der Waals surface area contributed by atoms with E-state index in [9.17, 15) is 9.59 Å². The van der Waals surface area contributed by atoms with Gasteiger partial charge in [-0.1, -0.05) is 36.4 Å². The van der Waals surface area contributed by atoms with Gasteiger partial charge in [0.2, 0.25) is 0 Å². The minimum Gasteiger partial charge on any atom is -0.466 e. The lowest BCUT2D eigenvalue weighted by Crippen LogP contribution is -2.64. The summed E-state index contributed by atoms with van der Waals surface area (Å²) >= 11 is 0. The molecule has 0 aromatic heterocycles. The number of amides is 1. The maximum Gasteiger partial charge on any atom is 0.330 e. The zero-order valence-corrected chi connectivity index (χ0v) is 17.1. The van der Waals surface area contributed by atoms with E-state index in [0.29, 0.717) is 17.9 Å². The van der Waals surface area contributed by atoms with Crippen molar-refractivity contribution in [2.75, 3.05) is 26.7 Å². The molecule has 2 heterocycles. The molecule has 0 bridgehead atoms. The van der Waals surface area contributed by atoms with Gasteiger partial charge in [0, 0.05) is 19.0 Å². The summed E-state index contributed by atoms with van der Waals surface area (Å²) in [5.74, 6) is -0.00136. The van der Waals surface area contributed by atoms with E-state index in [1.54, 1.807) is 18.2 Å². The number of carbonyl (C=O) groups is 2. The number of benzene rings is 2. The van der Waals surface area contributed by atoms with Crippen molar-refractivity contribution < 1.29 is 19.1 Å². The van der Waals surface area contributed by atoms with E-state index in [0.717, 1.165) is 37.9 Å². The molecule has 1 fully saturated rings. The summed E-state index contributed by atoms with van der Waals surface area (Å²) in [5.41, 5.74) is 1.84. The maximum absolute atomic E-state index is 12.9. The van der Waals surface area contributed by atoms with Crippen molar-refractivity contribution in [3.63, 3.8) is 0 Å². The Kier molecular flexibility index (Phi) is 5.86. The second-order valence-corrected chi connectivity index (χ2v) is 7.78. The molecule has 2 aromatic rings. The van der Waals surface area contributed by atoms with E-state index in [-0.39, 0.29) is 5.91 Å². The number of nitrogens with zero attached hydrogens (tertiary/aromatic N) is 1. The van der Waals surface area contributed by atoms with Crippen LogP contribution in [0.25, 0.3) is 6.08 Å². The van der Waals surface area contributed by atoms with Crippen LogP contribution in [0.5, 0.6) is 5.75 Å². The third kappa shape index (κ3) is 4.54. The number of likely N-dealkylation sites (tertiary alicyclic amines) is 1. The molecule has 1 saturated heterocycles. The number of fused-ring (bicyclic) bond motifs is 1. The molecular weight excluding hydrogens is 380 g/mol. The number of hydrogen-bond acceptors (Lipinski definition) is 5. The number of ether oxygens (including phenoxy) is 2.